The average Bonchev–Trinajstić information content (AvgIpc) is 2.29. The fourth-order valence-electron chi connectivity index (χ4n) is 1.09. The van der Waals surface area contributed by atoms with E-state index in [9.17, 15) is 9.59 Å². The Morgan fingerprint density at radius 3 is 3.00 bits per heavy atom. The molecule has 0 aliphatic heterocycles. The Hall–Kier alpha value is -1.66. The summed E-state index contributed by atoms with van der Waals surface area (Å²) in [6.07, 6.45) is 2.82. The number of aromatic amines is 1. The van der Waals surface area contributed by atoms with Crippen molar-refractivity contribution in [3.8, 4) is 0 Å². The van der Waals surface area contributed by atoms with Crippen LogP contribution in [0.1, 0.15) is 10.4 Å². The quantitative estimate of drug-likeness (QED) is 0.549. The minimum absolute atomic E-state index is 0.0493. The number of pyridine rings is 1. The van der Waals surface area contributed by atoms with E-state index in [1.165, 1.54) is 18.5 Å². The van der Waals surface area contributed by atoms with Gasteiger partial charge in [0.1, 0.15) is 5.56 Å². The van der Waals surface area contributed by atoms with Crippen LogP contribution in [0, 0.1) is 0 Å². The van der Waals surface area contributed by atoms with Gasteiger partial charge >= 0.3 is 0 Å². The van der Waals surface area contributed by atoms with Crippen LogP contribution < -0.4 is 10.7 Å². The largest absolute Gasteiger partial charge is 0.394 e. The number of ether oxygens (including phenoxy) is 1. The lowest BCUT2D eigenvalue weighted by Crippen LogP contribution is -2.31. The zero-order valence-corrected chi connectivity index (χ0v) is 8.73. The van der Waals surface area contributed by atoms with Gasteiger partial charge < -0.3 is 20.1 Å². The molecule has 1 aromatic rings. The highest BCUT2D eigenvalue weighted by molar-refractivity contribution is 5.93. The van der Waals surface area contributed by atoms with Crippen molar-refractivity contribution in [2.24, 2.45) is 0 Å². The van der Waals surface area contributed by atoms with Crippen molar-refractivity contribution in [1.29, 1.82) is 0 Å². The van der Waals surface area contributed by atoms with E-state index in [0.717, 1.165) is 0 Å². The number of rotatable bonds is 6. The molecule has 1 amide bonds. The number of aromatic nitrogens is 1. The number of carbonyl (C=O) groups excluding carboxylic acids is 1. The maximum Gasteiger partial charge on any atom is 0.256 e. The molecule has 1 heterocycles. The summed E-state index contributed by atoms with van der Waals surface area (Å²) in [6, 6.07) is 1.29. The number of nitrogens with one attached hydrogen (secondary N) is 2. The van der Waals surface area contributed by atoms with Gasteiger partial charge in [0.2, 0.25) is 0 Å². The van der Waals surface area contributed by atoms with Gasteiger partial charge in [0.25, 0.3) is 5.91 Å². The monoisotopic (exact) mass is 226 g/mol. The molecule has 1 aromatic heterocycles. The standard InChI is InChI=1S/C10H14N2O4/c13-4-6-16-5-3-12-10(15)8-7-11-2-1-9(8)14/h1-2,7,13H,3-6H2,(H,11,14)(H,12,15). The molecule has 16 heavy (non-hydrogen) atoms. The molecule has 0 saturated carbocycles. The zero-order chi connectivity index (χ0) is 11.8. The molecule has 0 bridgehead atoms. The normalized spacial score (nSPS) is 10.1. The zero-order valence-electron chi connectivity index (χ0n) is 8.73. The van der Waals surface area contributed by atoms with Crippen molar-refractivity contribution >= 4 is 5.91 Å². The predicted molar refractivity (Wildman–Crippen MR) is 57.3 cm³/mol. The molecule has 88 valence electrons. The third-order valence-electron chi connectivity index (χ3n) is 1.84. The third-order valence-corrected chi connectivity index (χ3v) is 1.84. The fraction of sp³-hybridized carbons (Fsp3) is 0.400. The van der Waals surface area contributed by atoms with E-state index in [4.69, 9.17) is 9.84 Å². The van der Waals surface area contributed by atoms with E-state index in [0.29, 0.717) is 13.2 Å². The highest BCUT2D eigenvalue weighted by Crippen LogP contribution is 1.87. The van der Waals surface area contributed by atoms with Gasteiger partial charge in [-0.15, -0.1) is 0 Å². The molecule has 3 N–H and O–H groups in total. The highest BCUT2D eigenvalue weighted by Gasteiger charge is 2.07. The summed E-state index contributed by atoms with van der Waals surface area (Å²) in [5.74, 6) is -0.436. The van der Waals surface area contributed by atoms with Crippen molar-refractivity contribution in [3.63, 3.8) is 0 Å². The fourth-order valence-corrected chi connectivity index (χ4v) is 1.09. The van der Waals surface area contributed by atoms with Gasteiger partial charge in [-0.3, -0.25) is 9.59 Å². The molecule has 0 aromatic carbocycles. The summed E-state index contributed by atoms with van der Waals surface area (Å²) in [5.41, 5.74) is -0.253. The van der Waals surface area contributed by atoms with E-state index in [1.807, 2.05) is 0 Å². The highest BCUT2D eigenvalue weighted by atomic mass is 16.5. The van der Waals surface area contributed by atoms with Crippen molar-refractivity contribution in [2.45, 2.75) is 0 Å². The van der Waals surface area contributed by atoms with Gasteiger partial charge in [-0.05, 0) is 0 Å². The van der Waals surface area contributed by atoms with E-state index in [2.05, 4.69) is 10.3 Å². The minimum atomic E-state index is -0.436. The number of hydrogen-bond donors (Lipinski definition) is 3. The molecule has 0 radical (unpaired) electrons. The van der Waals surface area contributed by atoms with Crippen molar-refractivity contribution in [2.75, 3.05) is 26.4 Å². The van der Waals surface area contributed by atoms with Crippen LogP contribution in [0.2, 0.25) is 0 Å². The predicted octanol–water partition coefficient (Wildman–Crippen LogP) is -0.886. The minimum Gasteiger partial charge on any atom is -0.394 e. The summed E-state index contributed by atoms with van der Waals surface area (Å²) in [5, 5.41) is 11.0. The summed E-state index contributed by atoms with van der Waals surface area (Å²) >= 11 is 0. The molecular formula is C10H14N2O4. The van der Waals surface area contributed by atoms with E-state index >= 15 is 0 Å². The first-order chi connectivity index (χ1) is 7.75. The lowest BCUT2D eigenvalue weighted by Gasteiger charge is -2.04. The van der Waals surface area contributed by atoms with Crippen LogP contribution in [-0.4, -0.2) is 42.4 Å². The maximum atomic E-state index is 11.5. The van der Waals surface area contributed by atoms with Crippen molar-refractivity contribution in [1.82, 2.24) is 10.3 Å². The van der Waals surface area contributed by atoms with Gasteiger partial charge in [-0.25, -0.2) is 0 Å². The lowest BCUT2D eigenvalue weighted by molar-refractivity contribution is 0.0837. The van der Waals surface area contributed by atoms with Crippen LogP contribution in [0.25, 0.3) is 0 Å². The van der Waals surface area contributed by atoms with Gasteiger partial charge in [-0.2, -0.15) is 0 Å². The van der Waals surface area contributed by atoms with Crippen LogP contribution in [-0.2, 0) is 4.74 Å². The average molecular weight is 226 g/mol. The molecule has 0 spiro atoms. The topological polar surface area (TPSA) is 91.4 Å². The number of hydrogen-bond acceptors (Lipinski definition) is 4. The Labute approximate surface area is 92.3 Å². The molecule has 6 heteroatoms. The Morgan fingerprint density at radius 2 is 2.31 bits per heavy atom. The summed E-state index contributed by atoms with van der Waals surface area (Å²) < 4.78 is 4.95. The second-order valence-corrected chi connectivity index (χ2v) is 3.01. The smallest absolute Gasteiger partial charge is 0.256 e. The molecule has 0 aliphatic rings. The first-order valence-electron chi connectivity index (χ1n) is 4.89. The van der Waals surface area contributed by atoms with Crippen LogP contribution >= 0.6 is 0 Å². The Bertz CT molecular complexity index is 388. The number of carbonyl (C=O) groups is 1. The third kappa shape index (κ3) is 3.84. The number of aliphatic hydroxyl groups is 1. The van der Waals surface area contributed by atoms with Gasteiger partial charge in [0.05, 0.1) is 19.8 Å². The number of aliphatic hydroxyl groups excluding tert-OH is 1. The summed E-state index contributed by atoms with van der Waals surface area (Å²) in [7, 11) is 0. The first kappa shape index (κ1) is 12.4. The van der Waals surface area contributed by atoms with Crippen LogP contribution in [0.5, 0.6) is 0 Å². The van der Waals surface area contributed by atoms with E-state index < -0.39 is 5.91 Å². The van der Waals surface area contributed by atoms with E-state index in [-0.39, 0.29) is 24.2 Å². The molecule has 0 saturated heterocycles. The molecule has 0 atom stereocenters. The number of amides is 1. The molecule has 6 nitrogen and oxygen atoms in total. The van der Waals surface area contributed by atoms with E-state index in [1.54, 1.807) is 0 Å². The molecule has 1 rings (SSSR count). The summed E-state index contributed by atoms with van der Waals surface area (Å²) in [6.45, 7) is 0.790. The molecule has 0 aliphatic carbocycles. The molecular weight excluding hydrogens is 212 g/mol. The van der Waals surface area contributed by atoms with Crippen molar-refractivity contribution < 1.29 is 14.6 Å². The first-order valence-corrected chi connectivity index (χ1v) is 4.89. The Balaban J connectivity index is 2.36. The second-order valence-electron chi connectivity index (χ2n) is 3.01. The van der Waals surface area contributed by atoms with Gasteiger partial charge in [0, 0.05) is 25.0 Å². The van der Waals surface area contributed by atoms with Crippen LogP contribution in [0.15, 0.2) is 23.3 Å². The van der Waals surface area contributed by atoms with Crippen LogP contribution in [0.4, 0.5) is 0 Å². The van der Waals surface area contributed by atoms with Crippen molar-refractivity contribution in [3.05, 3.63) is 34.2 Å². The molecule has 0 fully saturated rings. The molecule has 0 unspecified atom stereocenters. The maximum absolute atomic E-state index is 11.5. The Kier molecular flexibility index (Phi) is 5.24. The Morgan fingerprint density at radius 1 is 1.50 bits per heavy atom. The van der Waals surface area contributed by atoms with Crippen LogP contribution in [0.3, 0.4) is 0 Å². The lowest BCUT2D eigenvalue weighted by atomic mass is 10.2. The van der Waals surface area contributed by atoms with Gasteiger partial charge in [0.15, 0.2) is 5.43 Å². The summed E-state index contributed by atoms with van der Waals surface area (Å²) in [4.78, 5) is 25.4. The SMILES string of the molecule is O=C(NCCOCCO)c1c[nH]ccc1=O. The second kappa shape index (κ2) is 6.76. The number of H-pyrrole nitrogens is 1. The van der Waals surface area contributed by atoms with Gasteiger partial charge in [-0.1, -0.05) is 0 Å².